The van der Waals surface area contributed by atoms with E-state index in [-0.39, 0.29) is 6.04 Å². The number of para-hydroxylation sites is 2. The molecule has 3 aromatic heterocycles. The van der Waals surface area contributed by atoms with Gasteiger partial charge in [-0.25, -0.2) is 0 Å². The van der Waals surface area contributed by atoms with Crippen LogP contribution < -0.4 is 5.32 Å². The first-order valence-corrected chi connectivity index (χ1v) is 18.5. The van der Waals surface area contributed by atoms with Crippen LogP contribution in [0.5, 0.6) is 0 Å². The Morgan fingerprint density at radius 2 is 0.981 bits per heavy atom. The van der Waals surface area contributed by atoms with Crippen LogP contribution in [0.1, 0.15) is 11.6 Å². The highest BCUT2D eigenvalue weighted by molar-refractivity contribution is 6.17. The lowest BCUT2D eigenvalue weighted by atomic mass is 9.84. The number of fused-ring (bicyclic) bond motifs is 12. The number of hydrogen-bond donors (Lipinski definition) is 1. The Bertz CT molecular complexity index is 2940. The Morgan fingerprint density at radius 1 is 0.463 bits per heavy atom. The summed E-state index contributed by atoms with van der Waals surface area (Å²) in [5.41, 5.74) is 17.6. The average molecular weight is 691 g/mol. The number of nitrogens with one attached hydrogen (secondary N) is 1. The van der Waals surface area contributed by atoms with Gasteiger partial charge in [0.1, 0.15) is 0 Å². The molecule has 0 saturated carbocycles. The second-order valence-electron chi connectivity index (χ2n) is 14.0. The van der Waals surface area contributed by atoms with Gasteiger partial charge in [0.25, 0.3) is 0 Å². The second kappa shape index (κ2) is 12.2. The maximum atomic E-state index is 4.62. The molecule has 1 aliphatic carbocycles. The summed E-state index contributed by atoms with van der Waals surface area (Å²) in [6, 6.07) is 59.9. The summed E-state index contributed by atoms with van der Waals surface area (Å²) in [5.74, 6) is 0. The van der Waals surface area contributed by atoms with Crippen LogP contribution in [0.15, 0.2) is 194 Å². The quantitative estimate of drug-likeness (QED) is 0.199. The third-order valence-corrected chi connectivity index (χ3v) is 11.0. The Hall–Kier alpha value is -7.17. The van der Waals surface area contributed by atoms with E-state index in [1.807, 2.05) is 30.6 Å². The highest BCUT2D eigenvalue weighted by Gasteiger charge is 2.32. The van der Waals surface area contributed by atoms with Crippen molar-refractivity contribution in [3.05, 3.63) is 200 Å². The fourth-order valence-electron chi connectivity index (χ4n) is 8.69. The van der Waals surface area contributed by atoms with Crippen LogP contribution in [0.25, 0.3) is 89.2 Å². The van der Waals surface area contributed by atoms with Gasteiger partial charge in [0.2, 0.25) is 0 Å². The standard InChI is InChI=1S/C50H34N4/c1-3-15-39-37(13-1)47-41-17-5-7-21-45(41)54(36-29-25-34(26-30-36)44-20-10-12-32-52-44)50(47)40-16-4-2-14-38(40)48-42-18-6-8-22-46(42)53(49(39)48)35-27-23-33(24-28-35)43-19-9-11-31-51-43/h1-32,43,51H. The zero-order valence-electron chi connectivity index (χ0n) is 29.4. The second-order valence-corrected chi connectivity index (χ2v) is 14.0. The summed E-state index contributed by atoms with van der Waals surface area (Å²) in [4.78, 5) is 4.62. The predicted octanol–water partition coefficient (Wildman–Crippen LogP) is 12.3. The lowest BCUT2D eigenvalue weighted by Crippen LogP contribution is -2.14. The van der Waals surface area contributed by atoms with E-state index < -0.39 is 0 Å². The maximum Gasteiger partial charge on any atom is 0.0701 e. The van der Waals surface area contributed by atoms with Crippen molar-refractivity contribution in [1.82, 2.24) is 19.4 Å². The number of dihydropyridines is 1. The molecule has 0 spiro atoms. The van der Waals surface area contributed by atoms with E-state index in [9.17, 15) is 0 Å². The van der Waals surface area contributed by atoms with E-state index in [0.29, 0.717) is 0 Å². The third kappa shape index (κ3) is 4.60. The van der Waals surface area contributed by atoms with Gasteiger partial charge in [0, 0.05) is 56.2 Å². The van der Waals surface area contributed by atoms with Gasteiger partial charge in [0.05, 0.1) is 34.2 Å². The van der Waals surface area contributed by atoms with Crippen LogP contribution in [0.4, 0.5) is 0 Å². The lowest BCUT2D eigenvalue weighted by molar-refractivity contribution is 0.746. The molecular formula is C50H34N4. The van der Waals surface area contributed by atoms with E-state index in [4.69, 9.17) is 0 Å². The van der Waals surface area contributed by atoms with Crippen LogP contribution in [0.2, 0.25) is 0 Å². The fourth-order valence-corrected chi connectivity index (χ4v) is 8.69. The molecular weight excluding hydrogens is 657 g/mol. The number of benzene rings is 6. The maximum absolute atomic E-state index is 4.62. The molecule has 254 valence electrons. The summed E-state index contributed by atoms with van der Waals surface area (Å²) < 4.78 is 4.95. The number of allylic oxidation sites excluding steroid dienone is 2. The van der Waals surface area contributed by atoms with Gasteiger partial charge < -0.3 is 14.5 Å². The molecule has 0 radical (unpaired) electrons. The number of aromatic nitrogens is 3. The molecule has 0 fully saturated rings. The summed E-state index contributed by atoms with van der Waals surface area (Å²) >= 11 is 0. The minimum Gasteiger partial charge on any atom is -0.381 e. The van der Waals surface area contributed by atoms with Gasteiger partial charge >= 0.3 is 0 Å². The topological polar surface area (TPSA) is 34.8 Å². The number of pyridine rings is 1. The minimum atomic E-state index is 0.153. The normalized spacial score (nSPS) is 14.1. The van der Waals surface area contributed by atoms with E-state index >= 15 is 0 Å². The van der Waals surface area contributed by atoms with Crippen molar-refractivity contribution in [2.75, 3.05) is 0 Å². The molecule has 1 atom stereocenters. The zero-order chi connectivity index (χ0) is 35.6. The molecule has 1 unspecified atom stereocenters. The van der Waals surface area contributed by atoms with Gasteiger partial charge in [-0.1, -0.05) is 127 Å². The van der Waals surface area contributed by atoms with Crippen molar-refractivity contribution in [3.63, 3.8) is 0 Å². The third-order valence-electron chi connectivity index (χ3n) is 11.0. The van der Waals surface area contributed by atoms with Crippen LogP contribution in [-0.2, 0) is 0 Å². The van der Waals surface area contributed by atoms with Crippen molar-refractivity contribution < 1.29 is 0 Å². The van der Waals surface area contributed by atoms with Crippen molar-refractivity contribution in [3.8, 4) is 67.4 Å². The monoisotopic (exact) mass is 690 g/mol. The average Bonchev–Trinajstić information content (AvgIpc) is 3.77. The number of rotatable bonds is 4. The molecule has 4 nitrogen and oxygen atoms in total. The molecule has 1 aliphatic heterocycles. The molecule has 11 rings (SSSR count). The van der Waals surface area contributed by atoms with Gasteiger partial charge in [-0.15, -0.1) is 0 Å². The Kier molecular flexibility index (Phi) is 6.89. The molecule has 54 heavy (non-hydrogen) atoms. The summed E-state index contributed by atoms with van der Waals surface area (Å²) in [7, 11) is 0. The SMILES string of the molecule is C1=CNC(c2ccc(-n3c4c(c5ccccc53)-c3ccccc3-c3c(c5ccccc5n3-c3ccc(-c5ccccn5)cc3)-c3ccccc3-4)cc2)C=C1. The molecule has 6 aromatic carbocycles. The Balaban J connectivity index is 1.22. The molecule has 2 aliphatic rings. The first-order valence-electron chi connectivity index (χ1n) is 18.5. The molecule has 9 aromatic rings. The first-order chi connectivity index (χ1) is 26.8. The smallest absolute Gasteiger partial charge is 0.0701 e. The largest absolute Gasteiger partial charge is 0.381 e. The van der Waals surface area contributed by atoms with E-state index in [2.05, 4.69) is 183 Å². The van der Waals surface area contributed by atoms with Crippen molar-refractivity contribution in [2.45, 2.75) is 6.04 Å². The number of nitrogens with zero attached hydrogens (tertiary/aromatic N) is 3. The van der Waals surface area contributed by atoms with Crippen molar-refractivity contribution >= 4 is 21.8 Å². The van der Waals surface area contributed by atoms with Crippen LogP contribution in [-0.4, -0.2) is 14.1 Å². The Morgan fingerprint density at radius 3 is 1.52 bits per heavy atom. The van der Waals surface area contributed by atoms with E-state index in [1.54, 1.807) is 0 Å². The molecule has 0 bridgehead atoms. The van der Waals surface area contributed by atoms with Gasteiger partial charge in [-0.05, 0) is 77.5 Å². The summed E-state index contributed by atoms with van der Waals surface area (Å²) in [6.07, 6.45) is 10.2. The molecule has 0 amide bonds. The van der Waals surface area contributed by atoms with Crippen molar-refractivity contribution in [1.29, 1.82) is 0 Å². The van der Waals surface area contributed by atoms with Gasteiger partial charge in [-0.3, -0.25) is 4.98 Å². The van der Waals surface area contributed by atoms with Crippen LogP contribution in [0, 0.1) is 0 Å². The van der Waals surface area contributed by atoms with Gasteiger partial charge in [0.15, 0.2) is 0 Å². The summed E-state index contributed by atoms with van der Waals surface area (Å²) in [5, 5.41) is 5.93. The highest BCUT2D eigenvalue weighted by atomic mass is 15.0. The molecule has 1 N–H and O–H groups in total. The highest BCUT2D eigenvalue weighted by Crippen LogP contribution is 2.54. The molecule has 4 heterocycles. The molecule has 0 saturated heterocycles. The minimum absolute atomic E-state index is 0.153. The summed E-state index contributed by atoms with van der Waals surface area (Å²) in [6.45, 7) is 0. The zero-order valence-corrected chi connectivity index (χ0v) is 29.4. The number of hydrogen-bond acceptors (Lipinski definition) is 2. The fraction of sp³-hybridized carbons (Fsp3) is 0.0200. The van der Waals surface area contributed by atoms with Gasteiger partial charge in [-0.2, -0.15) is 0 Å². The Labute approximate surface area is 313 Å². The lowest BCUT2D eigenvalue weighted by Gasteiger charge is -2.23. The van der Waals surface area contributed by atoms with E-state index in [0.717, 1.165) is 22.6 Å². The van der Waals surface area contributed by atoms with E-state index in [1.165, 1.54) is 72.1 Å². The predicted molar refractivity (Wildman–Crippen MR) is 223 cm³/mol. The van der Waals surface area contributed by atoms with Crippen molar-refractivity contribution in [2.24, 2.45) is 0 Å². The molecule has 4 heteroatoms. The van der Waals surface area contributed by atoms with Crippen LogP contribution >= 0.6 is 0 Å². The van der Waals surface area contributed by atoms with Crippen LogP contribution in [0.3, 0.4) is 0 Å². The first kappa shape index (κ1) is 30.5.